The molecule has 274 valence electrons. The highest BCUT2D eigenvalue weighted by molar-refractivity contribution is 6.19. The number of hydrogen-bond acceptors (Lipinski definition) is 2. The number of aromatic nitrogens is 3. The summed E-state index contributed by atoms with van der Waals surface area (Å²) in [5.74, 6) is 0. The molecule has 0 saturated carbocycles. The fourth-order valence-electron chi connectivity index (χ4n) is 10.1. The van der Waals surface area contributed by atoms with E-state index in [0.717, 1.165) is 83.0 Å². The SMILES string of the molecule is c1ccc2c(c1)c1ccccc1n2-c1ccc2oc3cc4c(cc3c2c1)oc1c(-n2c3ccccc3c3ccccc32)cc(-n2c3ccccc3c3ccccc32)cc14. The van der Waals surface area contributed by atoms with Crippen molar-refractivity contribution in [2.75, 3.05) is 0 Å². The number of hydrogen-bond donors (Lipinski definition) is 0. The van der Waals surface area contributed by atoms with Gasteiger partial charge in [-0.15, -0.1) is 0 Å². The first-order valence-electron chi connectivity index (χ1n) is 20.1. The number of rotatable bonds is 3. The minimum Gasteiger partial charge on any atom is -0.456 e. The summed E-state index contributed by atoms with van der Waals surface area (Å²) in [4.78, 5) is 0. The van der Waals surface area contributed by atoms with Gasteiger partial charge in [0.15, 0.2) is 5.58 Å². The zero-order valence-corrected chi connectivity index (χ0v) is 31.6. The van der Waals surface area contributed by atoms with E-state index in [0.29, 0.717) is 0 Å². The highest BCUT2D eigenvalue weighted by atomic mass is 16.3. The molecule has 0 aliphatic rings. The van der Waals surface area contributed by atoms with Crippen LogP contribution < -0.4 is 0 Å². The van der Waals surface area contributed by atoms with Gasteiger partial charge in [0.05, 0.1) is 38.8 Å². The normalized spacial score (nSPS) is 12.4. The van der Waals surface area contributed by atoms with Crippen molar-refractivity contribution in [1.29, 1.82) is 0 Å². The van der Waals surface area contributed by atoms with Crippen molar-refractivity contribution < 1.29 is 8.83 Å². The van der Waals surface area contributed by atoms with Gasteiger partial charge < -0.3 is 22.5 Å². The topological polar surface area (TPSA) is 41.1 Å². The fraction of sp³-hybridized carbons (Fsp3) is 0. The summed E-state index contributed by atoms with van der Waals surface area (Å²) >= 11 is 0. The Bertz CT molecular complexity index is 3930. The molecule has 0 radical (unpaired) electrons. The highest BCUT2D eigenvalue weighted by Gasteiger charge is 2.23. The smallest absolute Gasteiger partial charge is 0.159 e. The zero-order chi connectivity index (χ0) is 38.3. The number of para-hydroxylation sites is 6. The van der Waals surface area contributed by atoms with E-state index in [2.05, 4.69) is 202 Å². The Morgan fingerprint density at radius 2 is 0.627 bits per heavy atom. The molecule has 14 aromatic rings. The van der Waals surface area contributed by atoms with E-state index in [4.69, 9.17) is 8.83 Å². The lowest BCUT2D eigenvalue weighted by molar-refractivity contribution is 0.662. The van der Waals surface area contributed by atoms with Gasteiger partial charge in [0, 0.05) is 65.2 Å². The Morgan fingerprint density at radius 1 is 0.254 bits per heavy atom. The number of nitrogens with zero attached hydrogens (tertiary/aromatic N) is 3. The summed E-state index contributed by atoms with van der Waals surface area (Å²) in [6.07, 6.45) is 0. The van der Waals surface area contributed by atoms with Crippen LogP contribution in [0.15, 0.2) is 197 Å². The first-order chi connectivity index (χ1) is 29.3. The van der Waals surface area contributed by atoms with Gasteiger partial charge in [-0.25, -0.2) is 0 Å². The largest absolute Gasteiger partial charge is 0.456 e. The molecule has 0 spiro atoms. The molecule has 0 bridgehead atoms. The first kappa shape index (κ1) is 31.1. The molecule has 5 heterocycles. The number of fused-ring (bicyclic) bond motifs is 15. The minimum atomic E-state index is 0.818. The van der Waals surface area contributed by atoms with E-state index in [1.165, 1.54) is 43.4 Å². The van der Waals surface area contributed by atoms with E-state index < -0.39 is 0 Å². The van der Waals surface area contributed by atoms with Crippen molar-refractivity contribution in [3.05, 3.63) is 188 Å². The van der Waals surface area contributed by atoms with Gasteiger partial charge in [-0.2, -0.15) is 0 Å². The Kier molecular flexibility index (Phi) is 5.96. The third-order valence-electron chi connectivity index (χ3n) is 12.6. The monoisotopic (exact) mass is 753 g/mol. The second-order valence-electron chi connectivity index (χ2n) is 15.7. The third kappa shape index (κ3) is 4.13. The van der Waals surface area contributed by atoms with Crippen molar-refractivity contribution >= 4 is 109 Å². The number of furan rings is 2. The quantitative estimate of drug-likeness (QED) is 0.180. The van der Waals surface area contributed by atoms with Crippen LogP contribution in [0.5, 0.6) is 0 Å². The van der Waals surface area contributed by atoms with Gasteiger partial charge in [-0.3, -0.25) is 0 Å². The molecule has 0 saturated heterocycles. The molecule has 0 fully saturated rings. The minimum absolute atomic E-state index is 0.818. The van der Waals surface area contributed by atoms with Gasteiger partial charge in [0.2, 0.25) is 0 Å². The van der Waals surface area contributed by atoms with Crippen LogP contribution in [0.2, 0.25) is 0 Å². The molecule has 5 nitrogen and oxygen atoms in total. The van der Waals surface area contributed by atoms with Crippen LogP contribution in [0.1, 0.15) is 0 Å². The fourth-order valence-corrected chi connectivity index (χ4v) is 10.1. The molecule has 9 aromatic carbocycles. The molecule has 59 heavy (non-hydrogen) atoms. The predicted octanol–water partition coefficient (Wildman–Crippen LogP) is 14.8. The summed E-state index contributed by atoms with van der Waals surface area (Å²) < 4.78 is 21.0. The van der Waals surface area contributed by atoms with Crippen LogP contribution in [0.3, 0.4) is 0 Å². The lowest BCUT2D eigenvalue weighted by Crippen LogP contribution is -1.99. The van der Waals surface area contributed by atoms with Gasteiger partial charge in [0.25, 0.3) is 0 Å². The maximum absolute atomic E-state index is 7.12. The summed E-state index contributed by atoms with van der Waals surface area (Å²) in [6, 6.07) is 67.5. The van der Waals surface area contributed by atoms with Crippen LogP contribution in [-0.2, 0) is 0 Å². The lowest BCUT2D eigenvalue weighted by atomic mass is 10.1. The molecule has 0 amide bonds. The van der Waals surface area contributed by atoms with E-state index >= 15 is 0 Å². The van der Waals surface area contributed by atoms with Crippen molar-refractivity contribution in [3.8, 4) is 17.1 Å². The maximum Gasteiger partial charge on any atom is 0.159 e. The van der Waals surface area contributed by atoms with E-state index in [-0.39, 0.29) is 0 Å². The van der Waals surface area contributed by atoms with Crippen molar-refractivity contribution in [1.82, 2.24) is 13.7 Å². The molecule has 5 heteroatoms. The molecule has 14 rings (SSSR count). The van der Waals surface area contributed by atoms with Crippen LogP contribution in [0, 0.1) is 0 Å². The van der Waals surface area contributed by atoms with Gasteiger partial charge in [-0.1, -0.05) is 109 Å². The predicted molar refractivity (Wildman–Crippen MR) is 244 cm³/mol. The van der Waals surface area contributed by atoms with Crippen molar-refractivity contribution in [3.63, 3.8) is 0 Å². The van der Waals surface area contributed by atoms with Gasteiger partial charge in [-0.05, 0) is 78.9 Å². The highest BCUT2D eigenvalue weighted by Crippen LogP contribution is 2.44. The summed E-state index contributed by atoms with van der Waals surface area (Å²) in [7, 11) is 0. The molecular formula is C54H31N3O2. The Labute approximate surface area is 335 Å². The summed E-state index contributed by atoms with van der Waals surface area (Å²) in [6.45, 7) is 0. The Balaban J connectivity index is 1.08. The second kappa shape index (κ2) is 11.3. The van der Waals surface area contributed by atoms with Crippen molar-refractivity contribution in [2.24, 2.45) is 0 Å². The molecular weight excluding hydrogens is 723 g/mol. The van der Waals surface area contributed by atoms with Gasteiger partial charge >= 0.3 is 0 Å². The molecule has 0 aliphatic heterocycles. The van der Waals surface area contributed by atoms with Crippen LogP contribution in [-0.4, -0.2) is 13.7 Å². The Hall–Kier alpha value is -8.02. The molecule has 0 unspecified atom stereocenters. The lowest BCUT2D eigenvalue weighted by Gasteiger charge is -2.14. The Morgan fingerprint density at radius 3 is 1.12 bits per heavy atom. The average Bonchev–Trinajstić information content (AvgIpc) is 4.09. The molecule has 0 N–H and O–H groups in total. The average molecular weight is 754 g/mol. The van der Waals surface area contributed by atoms with E-state index in [9.17, 15) is 0 Å². The second-order valence-corrected chi connectivity index (χ2v) is 15.7. The first-order valence-corrected chi connectivity index (χ1v) is 20.1. The molecule has 5 aromatic heterocycles. The third-order valence-corrected chi connectivity index (χ3v) is 12.6. The van der Waals surface area contributed by atoms with Crippen LogP contribution in [0.4, 0.5) is 0 Å². The summed E-state index contributed by atoms with van der Waals surface area (Å²) in [5.41, 5.74) is 13.4. The number of benzene rings is 9. The zero-order valence-electron chi connectivity index (χ0n) is 31.6. The van der Waals surface area contributed by atoms with Gasteiger partial charge in [0.1, 0.15) is 16.7 Å². The van der Waals surface area contributed by atoms with Crippen LogP contribution >= 0.6 is 0 Å². The molecule has 0 atom stereocenters. The molecule has 0 aliphatic carbocycles. The van der Waals surface area contributed by atoms with Crippen molar-refractivity contribution in [2.45, 2.75) is 0 Å². The summed E-state index contributed by atoms with van der Waals surface area (Å²) in [5, 5.41) is 11.5. The van der Waals surface area contributed by atoms with Crippen LogP contribution in [0.25, 0.3) is 126 Å². The van der Waals surface area contributed by atoms with E-state index in [1.807, 2.05) is 0 Å². The standard InChI is InChI=1S/C54H31N3O2/c1-7-19-44-34(13-1)35-14-2-8-20-45(35)55(44)32-25-26-51-40(27-32)41-30-53-42(31-52(41)58-51)43-28-33(56-46-21-9-3-15-36(46)37-16-4-10-22-47(37)56)29-50(54(43)59-53)57-48-23-11-5-17-38(48)39-18-6-12-24-49(39)57/h1-31H. The van der Waals surface area contributed by atoms with E-state index in [1.54, 1.807) is 0 Å². The maximum atomic E-state index is 7.12.